The molecule has 2 rings (SSSR count). The van der Waals surface area contributed by atoms with E-state index < -0.39 is 0 Å². The lowest BCUT2D eigenvalue weighted by atomic mass is 10.0. The number of rotatable bonds is 6. The summed E-state index contributed by atoms with van der Waals surface area (Å²) >= 11 is 0. The molecule has 2 unspecified atom stereocenters. The first-order valence-corrected chi connectivity index (χ1v) is 7.19. The highest BCUT2D eigenvalue weighted by atomic mass is 16.5. The monoisotopic (exact) mass is 247 g/mol. The Morgan fingerprint density at radius 2 is 2.00 bits per heavy atom. The lowest BCUT2D eigenvalue weighted by Crippen LogP contribution is -2.30. The third-order valence-electron chi connectivity index (χ3n) is 4.00. The van der Waals surface area contributed by atoms with Crippen molar-refractivity contribution in [3.8, 4) is 0 Å². The summed E-state index contributed by atoms with van der Waals surface area (Å²) in [5.41, 5.74) is 2.70. The molecule has 0 aliphatic heterocycles. The van der Waals surface area contributed by atoms with Crippen molar-refractivity contribution in [2.45, 2.75) is 52.3 Å². The number of hydrogen-bond acceptors (Lipinski definition) is 2. The van der Waals surface area contributed by atoms with Gasteiger partial charge in [-0.25, -0.2) is 0 Å². The zero-order valence-corrected chi connectivity index (χ0v) is 11.6. The topological polar surface area (TPSA) is 21.3 Å². The standard InChI is InChI=1S/C16H25NO/c1-3-18-12-15-9-5-4-8-14(15)11-17-16-10-6-7-13(16)2/h4-5,8-9,13,16-17H,3,6-7,10-12H2,1-2H3. The van der Waals surface area contributed by atoms with Crippen molar-refractivity contribution in [1.82, 2.24) is 5.32 Å². The summed E-state index contributed by atoms with van der Waals surface area (Å²) in [5.74, 6) is 0.823. The van der Waals surface area contributed by atoms with E-state index in [1.165, 1.54) is 30.4 Å². The van der Waals surface area contributed by atoms with Gasteiger partial charge in [0.15, 0.2) is 0 Å². The molecular formula is C16H25NO. The minimum atomic E-state index is 0.699. The van der Waals surface area contributed by atoms with Crippen LogP contribution in [-0.2, 0) is 17.9 Å². The van der Waals surface area contributed by atoms with Gasteiger partial charge in [0.05, 0.1) is 6.61 Å². The molecule has 2 nitrogen and oxygen atoms in total. The van der Waals surface area contributed by atoms with Crippen LogP contribution < -0.4 is 5.32 Å². The van der Waals surface area contributed by atoms with E-state index in [1.54, 1.807) is 0 Å². The molecule has 1 fully saturated rings. The highest BCUT2D eigenvalue weighted by Gasteiger charge is 2.22. The van der Waals surface area contributed by atoms with Crippen LogP contribution in [0.2, 0.25) is 0 Å². The molecule has 0 heterocycles. The van der Waals surface area contributed by atoms with E-state index in [2.05, 4.69) is 36.5 Å². The fourth-order valence-corrected chi connectivity index (χ4v) is 2.77. The summed E-state index contributed by atoms with van der Waals surface area (Å²) in [5, 5.41) is 3.71. The van der Waals surface area contributed by atoms with Gasteiger partial charge in [0.1, 0.15) is 0 Å². The molecule has 1 aromatic rings. The maximum atomic E-state index is 5.53. The summed E-state index contributed by atoms with van der Waals surface area (Å²) in [6, 6.07) is 9.29. The third kappa shape index (κ3) is 3.56. The second-order valence-corrected chi connectivity index (χ2v) is 5.30. The van der Waals surface area contributed by atoms with E-state index in [9.17, 15) is 0 Å². The Balaban J connectivity index is 1.91. The van der Waals surface area contributed by atoms with Gasteiger partial charge in [-0.2, -0.15) is 0 Å². The maximum absolute atomic E-state index is 5.53. The smallest absolute Gasteiger partial charge is 0.0719 e. The van der Waals surface area contributed by atoms with Crippen LogP contribution in [0.5, 0.6) is 0 Å². The van der Waals surface area contributed by atoms with Crippen LogP contribution in [0, 0.1) is 5.92 Å². The molecule has 1 aliphatic rings. The van der Waals surface area contributed by atoms with Gasteiger partial charge in [-0.05, 0) is 36.8 Å². The average molecular weight is 247 g/mol. The Bertz CT molecular complexity index is 364. The predicted molar refractivity (Wildman–Crippen MR) is 75.4 cm³/mol. The van der Waals surface area contributed by atoms with Crippen molar-refractivity contribution in [1.29, 1.82) is 0 Å². The summed E-state index contributed by atoms with van der Waals surface area (Å²) in [7, 11) is 0. The molecule has 0 radical (unpaired) electrons. The third-order valence-corrected chi connectivity index (χ3v) is 4.00. The molecule has 2 heteroatoms. The van der Waals surface area contributed by atoms with E-state index in [1.807, 2.05) is 6.92 Å². The largest absolute Gasteiger partial charge is 0.377 e. The van der Waals surface area contributed by atoms with E-state index in [0.29, 0.717) is 6.04 Å². The Morgan fingerprint density at radius 1 is 1.22 bits per heavy atom. The van der Waals surface area contributed by atoms with Crippen molar-refractivity contribution >= 4 is 0 Å². The molecular weight excluding hydrogens is 222 g/mol. The van der Waals surface area contributed by atoms with Crippen molar-refractivity contribution in [2.75, 3.05) is 6.61 Å². The zero-order valence-electron chi connectivity index (χ0n) is 11.6. The second kappa shape index (κ2) is 6.91. The molecule has 0 spiro atoms. The van der Waals surface area contributed by atoms with Crippen LogP contribution in [0.4, 0.5) is 0 Å². The van der Waals surface area contributed by atoms with Crippen LogP contribution >= 0.6 is 0 Å². The summed E-state index contributed by atoms with van der Waals surface area (Å²) in [4.78, 5) is 0. The van der Waals surface area contributed by atoms with Gasteiger partial charge in [0.25, 0.3) is 0 Å². The summed E-state index contributed by atoms with van der Waals surface area (Å²) in [6.07, 6.45) is 4.08. The Hall–Kier alpha value is -0.860. The zero-order chi connectivity index (χ0) is 12.8. The fourth-order valence-electron chi connectivity index (χ4n) is 2.77. The van der Waals surface area contributed by atoms with E-state index in [-0.39, 0.29) is 0 Å². The highest BCUT2D eigenvalue weighted by Crippen LogP contribution is 2.25. The Kier molecular flexibility index (Phi) is 5.21. The molecule has 0 aromatic heterocycles. The van der Waals surface area contributed by atoms with Gasteiger partial charge in [-0.3, -0.25) is 0 Å². The van der Waals surface area contributed by atoms with Crippen molar-refractivity contribution in [3.05, 3.63) is 35.4 Å². The lowest BCUT2D eigenvalue weighted by molar-refractivity contribution is 0.133. The van der Waals surface area contributed by atoms with Gasteiger partial charge in [-0.15, -0.1) is 0 Å². The normalized spacial score (nSPS) is 23.4. The van der Waals surface area contributed by atoms with Gasteiger partial charge in [0.2, 0.25) is 0 Å². The Labute approximate surface area is 111 Å². The molecule has 0 bridgehead atoms. The van der Waals surface area contributed by atoms with Crippen molar-refractivity contribution in [2.24, 2.45) is 5.92 Å². The molecule has 0 amide bonds. The number of nitrogens with one attached hydrogen (secondary N) is 1. The first kappa shape index (κ1) is 13.6. The summed E-state index contributed by atoms with van der Waals surface area (Å²) < 4.78 is 5.53. The molecule has 0 saturated heterocycles. The minimum Gasteiger partial charge on any atom is -0.377 e. The van der Waals surface area contributed by atoms with E-state index in [0.717, 1.165) is 25.7 Å². The number of ether oxygens (including phenoxy) is 1. The molecule has 1 aliphatic carbocycles. The van der Waals surface area contributed by atoms with Gasteiger partial charge < -0.3 is 10.1 Å². The molecule has 1 aromatic carbocycles. The van der Waals surface area contributed by atoms with Crippen LogP contribution in [0.3, 0.4) is 0 Å². The van der Waals surface area contributed by atoms with Crippen LogP contribution in [-0.4, -0.2) is 12.6 Å². The van der Waals surface area contributed by atoms with Crippen molar-refractivity contribution < 1.29 is 4.74 Å². The first-order valence-electron chi connectivity index (χ1n) is 7.19. The number of hydrogen-bond donors (Lipinski definition) is 1. The fraction of sp³-hybridized carbons (Fsp3) is 0.625. The van der Waals surface area contributed by atoms with E-state index in [4.69, 9.17) is 4.74 Å². The Morgan fingerprint density at radius 3 is 2.67 bits per heavy atom. The van der Waals surface area contributed by atoms with E-state index >= 15 is 0 Å². The average Bonchev–Trinajstić information content (AvgIpc) is 2.80. The van der Waals surface area contributed by atoms with Crippen LogP contribution in [0.25, 0.3) is 0 Å². The van der Waals surface area contributed by atoms with Gasteiger partial charge in [0, 0.05) is 19.2 Å². The maximum Gasteiger partial charge on any atom is 0.0719 e. The molecule has 18 heavy (non-hydrogen) atoms. The SMILES string of the molecule is CCOCc1ccccc1CNC1CCCC1C. The van der Waals surface area contributed by atoms with Gasteiger partial charge in [-0.1, -0.05) is 37.6 Å². The summed E-state index contributed by atoms with van der Waals surface area (Å²) in [6.45, 7) is 6.88. The minimum absolute atomic E-state index is 0.699. The molecule has 2 atom stereocenters. The van der Waals surface area contributed by atoms with Gasteiger partial charge >= 0.3 is 0 Å². The predicted octanol–water partition coefficient (Wildman–Crippen LogP) is 3.50. The molecule has 100 valence electrons. The van der Waals surface area contributed by atoms with Crippen LogP contribution in [0.1, 0.15) is 44.2 Å². The quantitative estimate of drug-likeness (QED) is 0.830. The first-order chi connectivity index (χ1) is 8.81. The second-order valence-electron chi connectivity index (χ2n) is 5.30. The lowest BCUT2D eigenvalue weighted by Gasteiger charge is -2.18. The molecule has 1 N–H and O–H groups in total. The van der Waals surface area contributed by atoms with Crippen molar-refractivity contribution in [3.63, 3.8) is 0 Å². The highest BCUT2D eigenvalue weighted by molar-refractivity contribution is 5.26. The number of benzene rings is 1. The van der Waals surface area contributed by atoms with Crippen LogP contribution in [0.15, 0.2) is 24.3 Å². The molecule has 1 saturated carbocycles.